The van der Waals surface area contributed by atoms with Crippen molar-refractivity contribution in [1.82, 2.24) is 5.32 Å². The summed E-state index contributed by atoms with van der Waals surface area (Å²) in [5, 5.41) is 2.77. The molecule has 0 aliphatic heterocycles. The molecule has 0 atom stereocenters. The number of hydrogen-bond acceptors (Lipinski definition) is 3. The van der Waals surface area contributed by atoms with Crippen molar-refractivity contribution >= 4 is 5.91 Å². The molecule has 2 aromatic carbocycles. The summed E-state index contributed by atoms with van der Waals surface area (Å²) in [5.74, 6) is -0.361. The van der Waals surface area contributed by atoms with Gasteiger partial charge in [0.1, 0.15) is 0 Å². The van der Waals surface area contributed by atoms with Gasteiger partial charge < -0.3 is 14.8 Å². The van der Waals surface area contributed by atoms with E-state index in [1.165, 1.54) is 25.3 Å². The fraction of sp³-hybridized carbons (Fsp3) is 0.235. The average Bonchev–Trinajstić information content (AvgIpc) is 2.52. The molecule has 6 heteroatoms. The normalized spacial score (nSPS) is 10.5. The molecule has 0 bridgehead atoms. The number of benzene rings is 2. The van der Waals surface area contributed by atoms with Gasteiger partial charge in [-0.05, 0) is 30.7 Å². The first kappa shape index (κ1) is 16.7. The van der Waals surface area contributed by atoms with E-state index in [4.69, 9.17) is 4.74 Å². The number of carbonyl (C=O) groups is 1. The minimum absolute atomic E-state index is 0.0773. The zero-order valence-electron chi connectivity index (χ0n) is 12.8. The van der Waals surface area contributed by atoms with E-state index in [9.17, 15) is 13.6 Å². The molecule has 122 valence electrons. The van der Waals surface area contributed by atoms with Gasteiger partial charge in [-0.2, -0.15) is 8.78 Å². The van der Waals surface area contributed by atoms with Crippen LogP contribution in [0.5, 0.6) is 11.5 Å². The molecular formula is C17H17F2NO3. The molecule has 1 amide bonds. The van der Waals surface area contributed by atoms with Gasteiger partial charge >= 0.3 is 6.61 Å². The van der Waals surface area contributed by atoms with E-state index < -0.39 is 6.61 Å². The zero-order chi connectivity index (χ0) is 16.8. The number of ether oxygens (including phenoxy) is 2. The van der Waals surface area contributed by atoms with Crippen molar-refractivity contribution in [2.24, 2.45) is 0 Å². The minimum Gasteiger partial charge on any atom is -0.493 e. The maximum Gasteiger partial charge on any atom is 0.387 e. The summed E-state index contributed by atoms with van der Waals surface area (Å²) in [6.45, 7) is -0.611. The number of aryl methyl sites for hydroxylation is 1. The van der Waals surface area contributed by atoms with Crippen LogP contribution in [-0.4, -0.2) is 19.6 Å². The first-order valence-electron chi connectivity index (χ1n) is 6.96. The number of hydrogen-bond donors (Lipinski definition) is 1. The van der Waals surface area contributed by atoms with Gasteiger partial charge in [0.25, 0.3) is 5.91 Å². The topological polar surface area (TPSA) is 47.6 Å². The van der Waals surface area contributed by atoms with Crippen LogP contribution in [0.4, 0.5) is 8.78 Å². The third-order valence-corrected chi connectivity index (χ3v) is 3.18. The van der Waals surface area contributed by atoms with Crippen molar-refractivity contribution < 1.29 is 23.0 Å². The standard InChI is InChI=1S/C17H17F2NO3/c1-11-4-3-5-12(8-11)10-20-16(21)13-6-7-14(23-17(18)19)15(9-13)22-2/h3-9,17H,10H2,1-2H3,(H,20,21). The number of methoxy groups -OCH3 is 1. The monoisotopic (exact) mass is 321 g/mol. The Morgan fingerprint density at radius 2 is 1.96 bits per heavy atom. The molecule has 1 N–H and O–H groups in total. The van der Waals surface area contributed by atoms with Crippen LogP contribution in [0.1, 0.15) is 21.5 Å². The van der Waals surface area contributed by atoms with Gasteiger partial charge in [-0.25, -0.2) is 0 Å². The molecule has 0 heterocycles. The van der Waals surface area contributed by atoms with Gasteiger partial charge in [0, 0.05) is 12.1 Å². The third-order valence-electron chi connectivity index (χ3n) is 3.18. The molecule has 0 fully saturated rings. The Morgan fingerprint density at radius 1 is 1.17 bits per heavy atom. The minimum atomic E-state index is -2.95. The summed E-state index contributed by atoms with van der Waals surface area (Å²) < 4.78 is 33.9. The highest BCUT2D eigenvalue weighted by Gasteiger charge is 2.14. The number of alkyl halides is 2. The van der Waals surface area contributed by atoms with Crippen LogP contribution >= 0.6 is 0 Å². The Morgan fingerprint density at radius 3 is 2.61 bits per heavy atom. The van der Waals surface area contributed by atoms with E-state index in [-0.39, 0.29) is 17.4 Å². The van der Waals surface area contributed by atoms with Gasteiger partial charge in [-0.1, -0.05) is 29.8 Å². The van der Waals surface area contributed by atoms with E-state index >= 15 is 0 Å². The zero-order valence-corrected chi connectivity index (χ0v) is 12.8. The number of nitrogens with one attached hydrogen (secondary N) is 1. The van der Waals surface area contributed by atoms with Crippen molar-refractivity contribution in [1.29, 1.82) is 0 Å². The van der Waals surface area contributed by atoms with E-state index in [1.54, 1.807) is 0 Å². The SMILES string of the molecule is COc1cc(C(=O)NCc2cccc(C)c2)ccc1OC(F)F. The Hall–Kier alpha value is -2.63. The number of halogens is 2. The Bertz CT molecular complexity index is 689. The lowest BCUT2D eigenvalue weighted by Gasteiger charge is -2.11. The van der Waals surface area contributed by atoms with E-state index in [2.05, 4.69) is 10.1 Å². The van der Waals surface area contributed by atoms with Crippen molar-refractivity contribution in [3.05, 3.63) is 59.2 Å². The van der Waals surface area contributed by atoms with Crippen LogP contribution in [0.3, 0.4) is 0 Å². The molecule has 2 aromatic rings. The van der Waals surface area contributed by atoms with Crippen LogP contribution in [0.25, 0.3) is 0 Å². The third kappa shape index (κ3) is 4.67. The number of rotatable bonds is 6. The second kappa shape index (κ2) is 7.58. The predicted molar refractivity (Wildman–Crippen MR) is 82.0 cm³/mol. The largest absolute Gasteiger partial charge is 0.493 e. The summed E-state index contributed by atoms with van der Waals surface area (Å²) in [7, 11) is 1.32. The fourth-order valence-electron chi connectivity index (χ4n) is 2.11. The van der Waals surface area contributed by atoms with Crippen LogP contribution < -0.4 is 14.8 Å². The first-order valence-corrected chi connectivity index (χ1v) is 6.96. The summed E-state index contributed by atoms with van der Waals surface area (Å²) >= 11 is 0. The number of carbonyl (C=O) groups excluding carboxylic acids is 1. The summed E-state index contributed by atoms with van der Waals surface area (Å²) in [6.07, 6.45) is 0. The molecule has 4 nitrogen and oxygen atoms in total. The highest BCUT2D eigenvalue weighted by molar-refractivity contribution is 5.94. The lowest BCUT2D eigenvalue weighted by molar-refractivity contribution is -0.0512. The fourth-order valence-corrected chi connectivity index (χ4v) is 2.11. The maximum atomic E-state index is 12.3. The van der Waals surface area contributed by atoms with E-state index in [0.29, 0.717) is 12.1 Å². The molecule has 0 saturated heterocycles. The maximum absolute atomic E-state index is 12.3. The van der Waals surface area contributed by atoms with E-state index in [0.717, 1.165) is 11.1 Å². The second-order valence-corrected chi connectivity index (χ2v) is 4.92. The Balaban J connectivity index is 2.07. The van der Waals surface area contributed by atoms with Crippen molar-refractivity contribution in [2.45, 2.75) is 20.1 Å². The van der Waals surface area contributed by atoms with Gasteiger partial charge in [0.2, 0.25) is 0 Å². The highest BCUT2D eigenvalue weighted by atomic mass is 19.3. The molecule has 23 heavy (non-hydrogen) atoms. The highest BCUT2D eigenvalue weighted by Crippen LogP contribution is 2.29. The molecule has 0 aromatic heterocycles. The molecule has 0 aliphatic rings. The molecule has 0 aliphatic carbocycles. The molecular weight excluding hydrogens is 304 g/mol. The van der Waals surface area contributed by atoms with Crippen LogP contribution in [0.2, 0.25) is 0 Å². The lowest BCUT2D eigenvalue weighted by Crippen LogP contribution is -2.22. The molecule has 0 unspecified atom stereocenters. The number of amides is 1. The van der Waals surface area contributed by atoms with Gasteiger partial charge in [0.05, 0.1) is 7.11 Å². The molecule has 2 rings (SSSR count). The molecule has 0 saturated carbocycles. The second-order valence-electron chi connectivity index (χ2n) is 4.92. The quantitative estimate of drug-likeness (QED) is 0.885. The predicted octanol–water partition coefficient (Wildman–Crippen LogP) is 3.54. The van der Waals surface area contributed by atoms with Crippen molar-refractivity contribution in [3.8, 4) is 11.5 Å². The summed E-state index contributed by atoms with van der Waals surface area (Å²) in [4.78, 5) is 12.1. The van der Waals surface area contributed by atoms with Crippen LogP contribution in [-0.2, 0) is 6.54 Å². The molecule has 0 radical (unpaired) electrons. The molecule has 0 spiro atoms. The average molecular weight is 321 g/mol. The Kier molecular flexibility index (Phi) is 5.51. The van der Waals surface area contributed by atoms with Crippen LogP contribution in [0, 0.1) is 6.92 Å². The Labute approximate surface area is 133 Å². The van der Waals surface area contributed by atoms with Gasteiger partial charge in [0.15, 0.2) is 11.5 Å². The summed E-state index contributed by atoms with van der Waals surface area (Å²) in [6, 6.07) is 11.8. The smallest absolute Gasteiger partial charge is 0.387 e. The van der Waals surface area contributed by atoms with Gasteiger partial charge in [-0.3, -0.25) is 4.79 Å². The van der Waals surface area contributed by atoms with E-state index in [1.807, 2.05) is 31.2 Å². The lowest BCUT2D eigenvalue weighted by atomic mass is 10.1. The summed E-state index contributed by atoms with van der Waals surface area (Å²) in [5.41, 5.74) is 2.38. The van der Waals surface area contributed by atoms with Crippen molar-refractivity contribution in [2.75, 3.05) is 7.11 Å². The van der Waals surface area contributed by atoms with Crippen LogP contribution in [0.15, 0.2) is 42.5 Å². The van der Waals surface area contributed by atoms with Crippen molar-refractivity contribution in [3.63, 3.8) is 0 Å². The first-order chi connectivity index (χ1) is 11.0. The van der Waals surface area contributed by atoms with Gasteiger partial charge in [-0.15, -0.1) is 0 Å².